The molecule has 6 rings (SSSR count). The van der Waals surface area contributed by atoms with Crippen LogP contribution in [0, 0.1) is 0 Å². The molecule has 0 aliphatic carbocycles. The summed E-state index contributed by atoms with van der Waals surface area (Å²) < 4.78 is 46.5. The monoisotopic (exact) mass is 1040 g/mol. The van der Waals surface area contributed by atoms with Gasteiger partial charge >= 0.3 is 35.8 Å². The number of rotatable bonds is 24. The SMILES string of the molecule is C=CC(=O)OCCOc1ccc(C(C)(c2ccc(OCCOC(=O)C=C)cc2)c2ccc(OCCOC(=O)C=C)cc2)cc1.C=CC(=O)Oc1ccccc1.C=CC(=O)Oc1ccccc1.C=CC(=O)Oc1ccccc1. The van der Waals surface area contributed by atoms with Crippen LogP contribution in [0.5, 0.6) is 34.5 Å². The molecule has 0 aromatic heterocycles. The lowest BCUT2D eigenvalue weighted by Gasteiger charge is -2.32. The third kappa shape index (κ3) is 23.6. The van der Waals surface area contributed by atoms with Gasteiger partial charge in [-0.15, -0.1) is 0 Å². The Morgan fingerprint density at radius 2 is 0.532 bits per heavy atom. The van der Waals surface area contributed by atoms with E-state index >= 15 is 0 Å². The van der Waals surface area contributed by atoms with Crippen LogP contribution in [0.2, 0.25) is 0 Å². The summed E-state index contributed by atoms with van der Waals surface area (Å²) in [7, 11) is 0. The Kier molecular flexibility index (Phi) is 28.0. The highest BCUT2D eigenvalue weighted by Gasteiger charge is 2.31. The molecule has 0 aliphatic rings. The molecule has 0 aliphatic heterocycles. The molecule has 15 heteroatoms. The van der Waals surface area contributed by atoms with Gasteiger partial charge in [0.15, 0.2) is 0 Å². The number of ether oxygens (including phenoxy) is 9. The molecule has 0 spiro atoms. The lowest BCUT2D eigenvalue weighted by molar-refractivity contribution is -0.139. The molecule has 0 saturated heterocycles. The Hall–Kier alpha value is -10.0. The minimum atomic E-state index is -0.589. The molecular formula is C62H60O15. The Bertz CT molecular complexity index is 2520. The quantitative estimate of drug-likeness (QED) is 0.0139. The highest BCUT2D eigenvalue weighted by atomic mass is 16.6. The van der Waals surface area contributed by atoms with Gasteiger partial charge in [0.2, 0.25) is 0 Å². The third-order valence-electron chi connectivity index (χ3n) is 9.97. The van der Waals surface area contributed by atoms with Gasteiger partial charge in [-0.05, 0) is 96.4 Å². The van der Waals surface area contributed by atoms with Crippen LogP contribution in [-0.2, 0) is 48.4 Å². The van der Waals surface area contributed by atoms with Crippen molar-refractivity contribution in [2.24, 2.45) is 0 Å². The van der Waals surface area contributed by atoms with Crippen LogP contribution in [0.4, 0.5) is 0 Å². The molecule has 0 atom stereocenters. The first kappa shape index (κ1) is 61.3. The summed E-state index contributed by atoms with van der Waals surface area (Å²) in [4.78, 5) is 65.6. The highest BCUT2D eigenvalue weighted by molar-refractivity contribution is 5.84. The summed E-state index contributed by atoms with van der Waals surface area (Å²) in [5, 5.41) is 0. The second kappa shape index (κ2) is 35.2. The van der Waals surface area contributed by atoms with Crippen LogP contribution in [-0.4, -0.2) is 75.5 Å². The fraction of sp³-hybridized carbons (Fsp3) is 0.129. The summed E-state index contributed by atoms with van der Waals surface area (Å²) in [5.74, 6) is 0.711. The van der Waals surface area contributed by atoms with Gasteiger partial charge in [0.05, 0.1) is 0 Å². The zero-order valence-electron chi connectivity index (χ0n) is 42.7. The fourth-order valence-electron chi connectivity index (χ4n) is 6.17. The number of esters is 6. The molecule has 6 aromatic carbocycles. The Morgan fingerprint density at radius 1 is 0.312 bits per heavy atom. The maximum atomic E-state index is 11.2. The predicted octanol–water partition coefficient (Wildman–Crippen LogP) is 10.7. The Labute approximate surface area is 448 Å². The van der Waals surface area contributed by atoms with Gasteiger partial charge < -0.3 is 42.6 Å². The molecule has 0 N–H and O–H groups in total. The van der Waals surface area contributed by atoms with Crippen molar-refractivity contribution in [2.75, 3.05) is 39.6 Å². The number of para-hydroxylation sites is 3. The van der Waals surface area contributed by atoms with Gasteiger partial charge in [-0.1, -0.05) is 130 Å². The molecule has 15 nitrogen and oxygen atoms in total. The molecule has 6 aromatic rings. The summed E-state index contributed by atoms with van der Waals surface area (Å²) in [6.07, 6.45) is 6.71. The van der Waals surface area contributed by atoms with Gasteiger partial charge in [-0.2, -0.15) is 0 Å². The van der Waals surface area contributed by atoms with Crippen molar-refractivity contribution >= 4 is 35.8 Å². The predicted molar refractivity (Wildman–Crippen MR) is 292 cm³/mol. The third-order valence-corrected chi connectivity index (χ3v) is 9.97. The molecule has 77 heavy (non-hydrogen) atoms. The smallest absolute Gasteiger partial charge is 0.335 e. The van der Waals surface area contributed by atoms with Gasteiger partial charge in [0.25, 0.3) is 0 Å². The van der Waals surface area contributed by atoms with Crippen molar-refractivity contribution in [2.45, 2.75) is 12.3 Å². The zero-order valence-corrected chi connectivity index (χ0v) is 42.7. The van der Waals surface area contributed by atoms with Gasteiger partial charge in [-0.3, -0.25) is 0 Å². The topological polar surface area (TPSA) is 185 Å². The lowest BCUT2D eigenvalue weighted by Crippen LogP contribution is -2.25. The second-order valence-electron chi connectivity index (χ2n) is 15.2. The zero-order chi connectivity index (χ0) is 56.1. The molecule has 398 valence electrons. The van der Waals surface area contributed by atoms with Gasteiger partial charge in [0.1, 0.15) is 74.1 Å². The first-order valence-corrected chi connectivity index (χ1v) is 23.5. The van der Waals surface area contributed by atoms with Crippen molar-refractivity contribution in [1.29, 1.82) is 0 Å². The van der Waals surface area contributed by atoms with E-state index < -0.39 is 41.2 Å². The van der Waals surface area contributed by atoms with E-state index in [4.69, 9.17) is 42.6 Å². The summed E-state index contributed by atoms with van der Waals surface area (Å²) in [6.45, 7) is 23.0. The van der Waals surface area contributed by atoms with Crippen molar-refractivity contribution in [1.82, 2.24) is 0 Å². The van der Waals surface area contributed by atoms with Crippen LogP contribution in [0.25, 0.3) is 0 Å². The maximum absolute atomic E-state index is 11.2. The first-order chi connectivity index (χ1) is 37.3. The molecule has 0 fully saturated rings. The van der Waals surface area contributed by atoms with Gasteiger partial charge in [0, 0.05) is 41.9 Å². The van der Waals surface area contributed by atoms with Crippen LogP contribution in [0.15, 0.2) is 240 Å². The number of benzene rings is 6. The molecule has 0 saturated carbocycles. The van der Waals surface area contributed by atoms with Crippen LogP contribution < -0.4 is 28.4 Å². The molecule has 0 amide bonds. The van der Waals surface area contributed by atoms with E-state index in [1.165, 1.54) is 0 Å². The van der Waals surface area contributed by atoms with Crippen LogP contribution in [0.3, 0.4) is 0 Å². The molecular weight excluding hydrogens is 985 g/mol. The van der Waals surface area contributed by atoms with Crippen molar-refractivity contribution in [3.63, 3.8) is 0 Å². The summed E-state index contributed by atoms with van der Waals surface area (Å²) in [5.41, 5.74) is 2.41. The fourth-order valence-corrected chi connectivity index (χ4v) is 6.17. The average Bonchev–Trinajstić information content (AvgIpc) is 3.48. The minimum Gasteiger partial charge on any atom is -0.490 e. The van der Waals surface area contributed by atoms with E-state index in [-0.39, 0.29) is 39.6 Å². The second-order valence-corrected chi connectivity index (χ2v) is 15.2. The van der Waals surface area contributed by atoms with E-state index in [0.29, 0.717) is 34.5 Å². The average molecular weight is 1050 g/mol. The highest BCUT2D eigenvalue weighted by Crippen LogP contribution is 2.40. The maximum Gasteiger partial charge on any atom is 0.335 e. The van der Waals surface area contributed by atoms with E-state index in [1.54, 1.807) is 72.8 Å². The van der Waals surface area contributed by atoms with E-state index in [9.17, 15) is 28.8 Å². The van der Waals surface area contributed by atoms with Crippen molar-refractivity contribution in [3.8, 4) is 34.5 Å². The Morgan fingerprint density at radius 3 is 0.740 bits per heavy atom. The van der Waals surface area contributed by atoms with Crippen LogP contribution in [0.1, 0.15) is 23.6 Å². The van der Waals surface area contributed by atoms with E-state index in [2.05, 4.69) is 46.4 Å². The molecule has 0 heterocycles. The molecule has 0 bridgehead atoms. The molecule has 0 radical (unpaired) electrons. The largest absolute Gasteiger partial charge is 0.490 e. The Balaban J connectivity index is 0.000000374. The number of carbonyl (C=O) groups excluding carboxylic acids is 6. The number of hydrogen-bond acceptors (Lipinski definition) is 15. The van der Waals surface area contributed by atoms with E-state index in [0.717, 1.165) is 53.1 Å². The minimum absolute atomic E-state index is 0.112. The van der Waals surface area contributed by atoms with Gasteiger partial charge in [-0.25, -0.2) is 28.8 Å². The normalized spacial score (nSPS) is 9.78. The van der Waals surface area contributed by atoms with Crippen LogP contribution >= 0.6 is 0 Å². The lowest BCUT2D eigenvalue weighted by atomic mass is 9.71. The molecule has 0 unspecified atom stereocenters. The number of carbonyl (C=O) groups is 6. The standard InChI is InChI=1S/C35H36O9.3C9H8O2/c1-5-32(36)42-23-20-39-29-14-8-26(9-15-29)35(4,27-10-16-30(17-11-27)40-21-24-43-33(37)6-2)28-12-18-31(19-13-28)41-22-25-44-34(38)7-3;3*1-2-9(10)11-8-6-4-3-5-7-8/h5-19H,1-3,20-25H2,4H3;3*2-7H,1H2. The summed E-state index contributed by atoms with van der Waals surface area (Å²) in [6, 6.07) is 49.7. The van der Waals surface area contributed by atoms with E-state index in [1.807, 2.05) is 91.0 Å². The van der Waals surface area contributed by atoms with Crippen molar-refractivity contribution in [3.05, 3.63) is 256 Å². The number of hydrogen-bond donors (Lipinski definition) is 0. The van der Waals surface area contributed by atoms with Crippen molar-refractivity contribution < 1.29 is 71.4 Å². The first-order valence-electron chi connectivity index (χ1n) is 23.5. The summed E-state index contributed by atoms with van der Waals surface area (Å²) >= 11 is 0.